The Balaban J connectivity index is 2.37. The first kappa shape index (κ1) is 12.4. The van der Waals surface area contributed by atoms with Gasteiger partial charge in [0.1, 0.15) is 5.84 Å². The molecule has 2 rings (SSSR count). The first-order valence-corrected chi connectivity index (χ1v) is 6.67. The van der Waals surface area contributed by atoms with Crippen LogP contribution in [0, 0.1) is 17.2 Å². The van der Waals surface area contributed by atoms with E-state index in [1.54, 1.807) is 0 Å². The van der Waals surface area contributed by atoms with Crippen LogP contribution in [0.5, 0.6) is 0 Å². The van der Waals surface area contributed by atoms with Gasteiger partial charge in [0, 0.05) is 28.8 Å². The molecule has 2 atom stereocenters. The van der Waals surface area contributed by atoms with Crippen LogP contribution in [0.2, 0.25) is 0 Å². The molecule has 1 fully saturated rings. The number of anilines is 1. The largest absolute Gasteiger partial charge is 0.384 e. The minimum absolute atomic E-state index is 0.139. The van der Waals surface area contributed by atoms with Crippen molar-refractivity contribution in [2.75, 3.05) is 18.0 Å². The molecule has 3 nitrogen and oxygen atoms in total. The summed E-state index contributed by atoms with van der Waals surface area (Å²) in [5, 5.41) is 7.65. The third-order valence-electron chi connectivity index (χ3n) is 3.58. The van der Waals surface area contributed by atoms with Gasteiger partial charge in [0.2, 0.25) is 0 Å². The molecular weight excluding hydrogens is 278 g/mol. The molecule has 1 aromatic carbocycles. The molecule has 0 aliphatic carbocycles. The molecule has 0 bridgehead atoms. The average Bonchev–Trinajstić information content (AvgIpc) is 2.58. The maximum Gasteiger partial charge on any atom is 0.124 e. The van der Waals surface area contributed by atoms with Crippen molar-refractivity contribution < 1.29 is 0 Å². The van der Waals surface area contributed by atoms with Crippen molar-refractivity contribution in [2.24, 2.45) is 17.6 Å². The molecule has 0 radical (unpaired) electrons. The lowest BCUT2D eigenvalue weighted by Crippen LogP contribution is -2.24. The summed E-state index contributed by atoms with van der Waals surface area (Å²) in [6.45, 7) is 6.63. The predicted octanol–water partition coefficient (Wildman–Crippen LogP) is 2.83. The summed E-state index contributed by atoms with van der Waals surface area (Å²) in [6.07, 6.45) is 0. The van der Waals surface area contributed by atoms with E-state index in [4.69, 9.17) is 11.1 Å². The molecule has 0 saturated carbocycles. The summed E-state index contributed by atoms with van der Waals surface area (Å²) >= 11 is 3.48. The number of halogens is 1. The first-order valence-electron chi connectivity index (χ1n) is 5.88. The molecule has 92 valence electrons. The molecule has 1 aliphatic rings. The summed E-state index contributed by atoms with van der Waals surface area (Å²) in [5.41, 5.74) is 7.54. The van der Waals surface area contributed by atoms with Crippen molar-refractivity contribution >= 4 is 27.5 Å². The molecule has 0 spiro atoms. The van der Waals surface area contributed by atoms with Crippen molar-refractivity contribution in [3.05, 3.63) is 28.2 Å². The third-order valence-corrected chi connectivity index (χ3v) is 4.07. The van der Waals surface area contributed by atoms with Gasteiger partial charge in [-0.3, -0.25) is 5.41 Å². The second kappa shape index (κ2) is 4.69. The molecule has 1 saturated heterocycles. The van der Waals surface area contributed by atoms with Gasteiger partial charge in [0.15, 0.2) is 0 Å². The molecule has 0 amide bonds. The van der Waals surface area contributed by atoms with Crippen LogP contribution in [0.1, 0.15) is 19.4 Å². The number of nitrogens with zero attached hydrogens (tertiary/aromatic N) is 1. The zero-order valence-electron chi connectivity index (χ0n) is 10.2. The van der Waals surface area contributed by atoms with E-state index in [2.05, 4.69) is 40.7 Å². The van der Waals surface area contributed by atoms with Gasteiger partial charge >= 0.3 is 0 Å². The first-order chi connectivity index (χ1) is 7.99. The van der Waals surface area contributed by atoms with E-state index < -0.39 is 0 Å². The molecule has 2 unspecified atom stereocenters. The maximum absolute atomic E-state index is 7.65. The summed E-state index contributed by atoms with van der Waals surface area (Å²) in [5.74, 6) is 1.52. The minimum Gasteiger partial charge on any atom is -0.384 e. The SMILES string of the molecule is CC1CN(c2cc(Br)ccc2C(=N)N)CC1C. The Kier molecular flexibility index (Phi) is 3.43. The second-order valence-corrected chi connectivity index (χ2v) is 5.85. The van der Waals surface area contributed by atoms with Gasteiger partial charge in [-0.1, -0.05) is 29.8 Å². The van der Waals surface area contributed by atoms with Crippen LogP contribution in [0.3, 0.4) is 0 Å². The average molecular weight is 296 g/mol. The number of hydrogen-bond donors (Lipinski definition) is 2. The van der Waals surface area contributed by atoms with Crippen molar-refractivity contribution in [2.45, 2.75) is 13.8 Å². The number of nitrogens with one attached hydrogen (secondary N) is 1. The molecule has 4 heteroatoms. The highest BCUT2D eigenvalue weighted by Crippen LogP contribution is 2.31. The van der Waals surface area contributed by atoms with E-state index >= 15 is 0 Å². The van der Waals surface area contributed by atoms with E-state index in [1.165, 1.54) is 0 Å². The van der Waals surface area contributed by atoms with Gasteiger partial charge in [-0.2, -0.15) is 0 Å². The van der Waals surface area contributed by atoms with Gasteiger partial charge in [0.05, 0.1) is 0 Å². The van der Waals surface area contributed by atoms with Crippen LogP contribution in [0.25, 0.3) is 0 Å². The van der Waals surface area contributed by atoms with E-state index in [1.807, 2.05) is 12.1 Å². The topological polar surface area (TPSA) is 53.1 Å². The van der Waals surface area contributed by atoms with E-state index in [0.29, 0.717) is 11.8 Å². The lowest BCUT2D eigenvalue weighted by atomic mass is 10.0. The van der Waals surface area contributed by atoms with Gasteiger partial charge in [-0.25, -0.2) is 0 Å². The van der Waals surface area contributed by atoms with E-state index in [0.717, 1.165) is 28.8 Å². The number of nitrogens with two attached hydrogens (primary N) is 1. The standard InChI is InChI=1S/C13H18BrN3/c1-8-6-17(7-9(8)2)12-5-10(14)3-4-11(12)13(15)16/h3-5,8-9H,6-7H2,1-2H3,(H3,15,16). The minimum atomic E-state index is 0.139. The van der Waals surface area contributed by atoms with Gasteiger partial charge in [-0.15, -0.1) is 0 Å². The number of rotatable bonds is 2. The summed E-state index contributed by atoms with van der Waals surface area (Å²) in [6, 6.07) is 5.90. The summed E-state index contributed by atoms with van der Waals surface area (Å²) < 4.78 is 1.03. The highest BCUT2D eigenvalue weighted by Gasteiger charge is 2.27. The number of benzene rings is 1. The van der Waals surface area contributed by atoms with E-state index in [9.17, 15) is 0 Å². The Morgan fingerprint density at radius 2 is 1.94 bits per heavy atom. The Labute approximate surface area is 111 Å². The fraction of sp³-hybridized carbons (Fsp3) is 0.462. The van der Waals surface area contributed by atoms with E-state index in [-0.39, 0.29) is 5.84 Å². The highest BCUT2D eigenvalue weighted by molar-refractivity contribution is 9.10. The molecule has 1 heterocycles. The summed E-state index contributed by atoms with van der Waals surface area (Å²) in [4.78, 5) is 2.33. The smallest absolute Gasteiger partial charge is 0.124 e. The zero-order chi connectivity index (χ0) is 12.6. The normalized spacial score (nSPS) is 24.1. The van der Waals surface area contributed by atoms with Crippen LogP contribution in [0.4, 0.5) is 5.69 Å². The zero-order valence-corrected chi connectivity index (χ0v) is 11.8. The van der Waals surface area contributed by atoms with Crippen LogP contribution >= 0.6 is 15.9 Å². The number of hydrogen-bond acceptors (Lipinski definition) is 2. The summed E-state index contributed by atoms with van der Waals surface area (Å²) in [7, 11) is 0. The Hall–Kier alpha value is -1.03. The van der Waals surface area contributed by atoms with Gasteiger partial charge in [-0.05, 0) is 30.0 Å². The van der Waals surface area contributed by atoms with Crippen LogP contribution in [0.15, 0.2) is 22.7 Å². The Morgan fingerprint density at radius 3 is 2.47 bits per heavy atom. The second-order valence-electron chi connectivity index (χ2n) is 4.93. The molecule has 17 heavy (non-hydrogen) atoms. The highest BCUT2D eigenvalue weighted by atomic mass is 79.9. The number of nitrogen functional groups attached to an aromatic ring is 1. The van der Waals surface area contributed by atoms with Crippen molar-refractivity contribution in [3.8, 4) is 0 Å². The van der Waals surface area contributed by atoms with Gasteiger partial charge in [0.25, 0.3) is 0 Å². The monoisotopic (exact) mass is 295 g/mol. The predicted molar refractivity (Wildman–Crippen MR) is 75.7 cm³/mol. The van der Waals surface area contributed by atoms with Gasteiger partial charge < -0.3 is 10.6 Å². The Bertz CT molecular complexity index is 434. The van der Waals surface area contributed by atoms with Crippen LogP contribution in [-0.4, -0.2) is 18.9 Å². The molecule has 0 aromatic heterocycles. The quantitative estimate of drug-likeness (QED) is 0.651. The molecule has 3 N–H and O–H groups in total. The lowest BCUT2D eigenvalue weighted by molar-refractivity contribution is 0.494. The molecule has 1 aromatic rings. The van der Waals surface area contributed by atoms with Crippen molar-refractivity contribution in [3.63, 3.8) is 0 Å². The number of amidine groups is 1. The van der Waals surface area contributed by atoms with Crippen LogP contribution in [-0.2, 0) is 0 Å². The molecule has 1 aliphatic heterocycles. The van der Waals surface area contributed by atoms with Crippen molar-refractivity contribution in [1.29, 1.82) is 5.41 Å². The lowest BCUT2D eigenvalue weighted by Gasteiger charge is -2.22. The van der Waals surface area contributed by atoms with Crippen LogP contribution < -0.4 is 10.6 Å². The molecular formula is C13H18BrN3. The fourth-order valence-electron chi connectivity index (χ4n) is 2.32. The fourth-order valence-corrected chi connectivity index (χ4v) is 2.67. The Morgan fingerprint density at radius 1 is 1.35 bits per heavy atom. The maximum atomic E-state index is 7.65. The van der Waals surface area contributed by atoms with Crippen molar-refractivity contribution in [1.82, 2.24) is 0 Å². The third kappa shape index (κ3) is 2.46.